The number of aryl methyl sites for hydroxylation is 1. The number of rotatable bonds is 10. The lowest BCUT2D eigenvalue weighted by Crippen LogP contribution is -2.30. The van der Waals surface area contributed by atoms with Crippen molar-refractivity contribution < 1.29 is 13.2 Å². The van der Waals surface area contributed by atoms with Crippen LogP contribution in [0.5, 0.6) is 0 Å². The summed E-state index contributed by atoms with van der Waals surface area (Å²) in [5, 5.41) is 2.98. The molecule has 2 rings (SSSR count). The summed E-state index contributed by atoms with van der Waals surface area (Å²) in [5.41, 5.74) is 1.22. The first-order valence-corrected chi connectivity index (χ1v) is 10.8. The molecule has 1 aromatic rings. The third kappa shape index (κ3) is 5.82. The van der Waals surface area contributed by atoms with Crippen molar-refractivity contribution in [2.75, 3.05) is 6.54 Å². The average molecular weight is 367 g/mol. The molecule has 0 spiro atoms. The van der Waals surface area contributed by atoms with E-state index in [1.165, 1.54) is 6.07 Å². The molecule has 25 heavy (non-hydrogen) atoms. The van der Waals surface area contributed by atoms with Crippen molar-refractivity contribution in [3.63, 3.8) is 0 Å². The van der Waals surface area contributed by atoms with Gasteiger partial charge in [-0.1, -0.05) is 39.2 Å². The molecule has 1 fully saturated rings. The normalized spacial score (nSPS) is 15.8. The maximum Gasteiger partial charge on any atom is 0.251 e. The van der Waals surface area contributed by atoms with Crippen LogP contribution >= 0.6 is 0 Å². The van der Waals surface area contributed by atoms with Crippen molar-refractivity contribution in [1.29, 1.82) is 0 Å². The first kappa shape index (κ1) is 19.9. The van der Waals surface area contributed by atoms with E-state index in [-0.39, 0.29) is 16.8 Å². The van der Waals surface area contributed by atoms with Crippen LogP contribution in [0.2, 0.25) is 0 Å². The van der Waals surface area contributed by atoms with Crippen LogP contribution in [0.15, 0.2) is 23.1 Å². The quantitative estimate of drug-likeness (QED) is 0.666. The van der Waals surface area contributed by atoms with Gasteiger partial charge in [0.05, 0.1) is 4.90 Å². The topological polar surface area (TPSA) is 75.3 Å². The van der Waals surface area contributed by atoms with E-state index in [0.29, 0.717) is 18.0 Å². The minimum Gasteiger partial charge on any atom is -0.352 e. The predicted molar refractivity (Wildman–Crippen MR) is 100 cm³/mol. The van der Waals surface area contributed by atoms with Gasteiger partial charge in [-0.2, -0.15) is 0 Å². The number of carbonyl (C=O) groups is 1. The fraction of sp³-hybridized carbons (Fsp3) is 0.632. The first-order chi connectivity index (χ1) is 11.9. The van der Waals surface area contributed by atoms with Gasteiger partial charge in [-0.25, -0.2) is 13.1 Å². The zero-order valence-electron chi connectivity index (χ0n) is 15.5. The second kappa shape index (κ2) is 8.81. The van der Waals surface area contributed by atoms with Crippen LogP contribution in [-0.2, 0) is 10.0 Å². The van der Waals surface area contributed by atoms with Crippen molar-refractivity contribution in [3.05, 3.63) is 29.3 Å². The zero-order valence-corrected chi connectivity index (χ0v) is 16.3. The van der Waals surface area contributed by atoms with Gasteiger partial charge in [0.25, 0.3) is 5.91 Å². The lowest BCUT2D eigenvalue weighted by Gasteiger charge is -2.16. The van der Waals surface area contributed by atoms with Gasteiger partial charge >= 0.3 is 0 Å². The van der Waals surface area contributed by atoms with Gasteiger partial charge in [-0.3, -0.25) is 4.79 Å². The second-order valence-corrected chi connectivity index (χ2v) is 8.71. The van der Waals surface area contributed by atoms with Gasteiger partial charge in [0.2, 0.25) is 10.0 Å². The van der Waals surface area contributed by atoms with Crippen LogP contribution in [-0.4, -0.2) is 26.9 Å². The highest BCUT2D eigenvalue weighted by Crippen LogP contribution is 2.23. The summed E-state index contributed by atoms with van der Waals surface area (Å²) in [6.07, 6.45) is 6.21. The van der Waals surface area contributed by atoms with E-state index in [1.807, 2.05) is 6.92 Å². The van der Waals surface area contributed by atoms with E-state index in [4.69, 9.17) is 0 Å². The van der Waals surface area contributed by atoms with E-state index in [2.05, 4.69) is 23.9 Å². The molecule has 1 amide bonds. The Hall–Kier alpha value is -1.40. The number of carbonyl (C=O) groups excluding carboxylic acids is 1. The molecule has 6 heteroatoms. The fourth-order valence-corrected chi connectivity index (χ4v) is 4.11. The molecule has 0 aromatic heterocycles. The standard InChI is InChI=1S/C19H30N2O3S/c1-4-6-7-15(5-2)13-20-19(22)18-12-17(11-8-14(18)3)25(23,24)21-16-9-10-16/h8,11-12,15-16,21H,4-7,9-10,13H2,1-3H3,(H,20,22)/t15-/m1/s1. The van der Waals surface area contributed by atoms with Crippen LogP contribution in [0.25, 0.3) is 0 Å². The van der Waals surface area contributed by atoms with Crippen LogP contribution in [0, 0.1) is 12.8 Å². The second-order valence-electron chi connectivity index (χ2n) is 7.00. The molecule has 0 unspecified atom stereocenters. The van der Waals surface area contributed by atoms with E-state index >= 15 is 0 Å². The summed E-state index contributed by atoms with van der Waals surface area (Å²) in [6, 6.07) is 4.80. The predicted octanol–water partition coefficient (Wildman–Crippen LogP) is 3.38. The maximum absolute atomic E-state index is 12.5. The molecule has 1 aliphatic rings. The van der Waals surface area contributed by atoms with Crippen molar-refractivity contribution in [3.8, 4) is 0 Å². The Morgan fingerprint density at radius 2 is 2.00 bits per heavy atom. The molecular formula is C19H30N2O3S. The smallest absolute Gasteiger partial charge is 0.251 e. The third-order valence-electron chi connectivity index (χ3n) is 4.76. The van der Waals surface area contributed by atoms with E-state index in [0.717, 1.165) is 44.1 Å². The molecule has 0 radical (unpaired) electrons. The number of hydrogen-bond acceptors (Lipinski definition) is 3. The Morgan fingerprint density at radius 3 is 2.60 bits per heavy atom. The highest BCUT2D eigenvalue weighted by atomic mass is 32.2. The lowest BCUT2D eigenvalue weighted by atomic mass is 9.99. The molecule has 1 aliphatic carbocycles. The Labute approximate surface area is 151 Å². The zero-order chi connectivity index (χ0) is 18.4. The average Bonchev–Trinajstić information content (AvgIpc) is 3.38. The summed E-state index contributed by atoms with van der Waals surface area (Å²) < 4.78 is 27.4. The van der Waals surface area contributed by atoms with Gasteiger partial charge in [0, 0.05) is 18.2 Å². The largest absolute Gasteiger partial charge is 0.352 e. The summed E-state index contributed by atoms with van der Waals surface area (Å²) in [7, 11) is -3.55. The van der Waals surface area contributed by atoms with Gasteiger partial charge in [0.15, 0.2) is 0 Å². The number of nitrogens with one attached hydrogen (secondary N) is 2. The summed E-state index contributed by atoms with van der Waals surface area (Å²) in [4.78, 5) is 12.7. The van der Waals surface area contributed by atoms with Gasteiger partial charge in [-0.15, -0.1) is 0 Å². The van der Waals surface area contributed by atoms with Crippen molar-refractivity contribution in [2.45, 2.75) is 70.2 Å². The van der Waals surface area contributed by atoms with Crippen LogP contribution in [0.4, 0.5) is 0 Å². The SMILES string of the molecule is CCCC[C@@H](CC)CNC(=O)c1cc(S(=O)(=O)NC2CC2)ccc1C. The molecule has 2 N–H and O–H groups in total. The molecule has 1 saturated carbocycles. The molecule has 1 atom stereocenters. The highest BCUT2D eigenvalue weighted by Gasteiger charge is 2.28. The lowest BCUT2D eigenvalue weighted by molar-refractivity contribution is 0.0945. The molecule has 0 aliphatic heterocycles. The van der Waals surface area contributed by atoms with Crippen LogP contribution < -0.4 is 10.0 Å². The van der Waals surface area contributed by atoms with Gasteiger partial charge < -0.3 is 5.32 Å². The molecule has 0 bridgehead atoms. The Balaban J connectivity index is 2.06. The monoisotopic (exact) mass is 366 g/mol. The minimum absolute atomic E-state index is 0.0486. The van der Waals surface area contributed by atoms with Crippen molar-refractivity contribution >= 4 is 15.9 Å². The minimum atomic E-state index is -3.55. The summed E-state index contributed by atoms with van der Waals surface area (Å²) in [5.74, 6) is 0.267. The Bertz CT molecular complexity index is 697. The number of amides is 1. The highest BCUT2D eigenvalue weighted by molar-refractivity contribution is 7.89. The maximum atomic E-state index is 12.5. The van der Waals surface area contributed by atoms with E-state index in [1.54, 1.807) is 12.1 Å². The fourth-order valence-electron chi connectivity index (χ4n) is 2.78. The van der Waals surface area contributed by atoms with Gasteiger partial charge in [-0.05, 0) is 49.8 Å². The Morgan fingerprint density at radius 1 is 1.28 bits per heavy atom. The van der Waals surface area contributed by atoms with E-state index in [9.17, 15) is 13.2 Å². The molecule has 1 aromatic carbocycles. The van der Waals surface area contributed by atoms with Crippen molar-refractivity contribution in [2.24, 2.45) is 5.92 Å². The number of sulfonamides is 1. The molecule has 0 heterocycles. The van der Waals surface area contributed by atoms with Crippen LogP contribution in [0.3, 0.4) is 0 Å². The molecular weight excluding hydrogens is 336 g/mol. The summed E-state index contributed by atoms with van der Waals surface area (Å²) >= 11 is 0. The van der Waals surface area contributed by atoms with Crippen LogP contribution in [0.1, 0.15) is 68.3 Å². The summed E-state index contributed by atoms with van der Waals surface area (Å²) in [6.45, 7) is 6.75. The Kier molecular flexibility index (Phi) is 7.02. The number of unbranched alkanes of at least 4 members (excludes halogenated alkanes) is 1. The van der Waals surface area contributed by atoms with Gasteiger partial charge in [0.1, 0.15) is 0 Å². The molecule has 0 saturated heterocycles. The number of hydrogen-bond donors (Lipinski definition) is 2. The first-order valence-electron chi connectivity index (χ1n) is 9.28. The van der Waals surface area contributed by atoms with E-state index < -0.39 is 10.0 Å². The third-order valence-corrected chi connectivity index (χ3v) is 6.28. The van der Waals surface area contributed by atoms with Crippen molar-refractivity contribution in [1.82, 2.24) is 10.0 Å². The number of benzene rings is 1. The molecule has 140 valence electrons. The molecule has 5 nitrogen and oxygen atoms in total.